The SMILES string of the molecule is Cn1cnnc1-c1ccccc1NCc1ccccc1Cl. The summed E-state index contributed by atoms with van der Waals surface area (Å²) < 4.78 is 1.90. The fourth-order valence-electron chi connectivity index (χ4n) is 2.19. The number of rotatable bonds is 4. The first-order valence-corrected chi connectivity index (χ1v) is 7.04. The van der Waals surface area contributed by atoms with Gasteiger partial charge in [-0.2, -0.15) is 0 Å². The highest BCUT2D eigenvalue weighted by molar-refractivity contribution is 6.31. The summed E-state index contributed by atoms with van der Waals surface area (Å²) in [6.07, 6.45) is 1.69. The van der Waals surface area contributed by atoms with E-state index in [9.17, 15) is 0 Å². The number of aromatic nitrogens is 3. The maximum absolute atomic E-state index is 6.19. The number of para-hydroxylation sites is 1. The normalized spacial score (nSPS) is 10.6. The molecule has 2 aromatic carbocycles. The molecule has 0 unspecified atom stereocenters. The molecular formula is C16H15ClN4. The van der Waals surface area contributed by atoms with E-state index in [-0.39, 0.29) is 0 Å². The quantitative estimate of drug-likeness (QED) is 0.798. The molecule has 21 heavy (non-hydrogen) atoms. The second-order valence-electron chi connectivity index (χ2n) is 4.76. The topological polar surface area (TPSA) is 42.7 Å². The maximum atomic E-state index is 6.19. The minimum absolute atomic E-state index is 0.661. The minimum atomic E-state index is 0.661. The number of hydrogen-bond acceptors (Lipinski definition) is 3. The van der Waals surface area contributed by atoms with Crippen LogP contribution in [0.5, 0.6) is 0 Å². The van der Waals surface area contributed by atoms with Gasteiger partial charge in [0.2, 0.25) is 0 Å². The molecule has 0 fully saturated rings. The molecule has 4 nitrogen and oxygen atoms in total. The zero-order chi connectivity index (χ0) is 14.7. The fraction of sp³-hybridized carbons (Fsp3) is 0.125. The van der Waals surface area contributed by atoms with E-state index in [1.807, 2.05) is 60.1 Å². The molecule has 0 aliphatic heterocycles. The molecule has 106 valence electrons. The van der Waals surface area contributed by atoms with E-state index < -0.39 is 0 Å². The van der Waals surface area contributed by atoms with Crippen molar-refractivity contribution in [3.63, 3.8) is 0 Å². The van der Waals surface area contributed by atoms with E-state index >= 15 is 0 Å². The van der Waals surface area contributed by atoms with Crippen molar-refractivity contribution in [3.05, 3.63) is 65.4 Å². The standard InChI is InChI=1S/C16H15ClN4/c1-21-11-19-20-16(21)13-7-3-5-9-15(13)18-10-12-6-2-4-8-14(12)17/h2-9,11,18H,10H2,1H3. The summed E-state index contributed by atoms with van der Waals surface area (Å²) in [6.45, 7) is 0.661. The number of hydrogen-bond donors (Lipinski definition) is 1. The number of halogens is 1. The molecule has 0 amide bonds. The summed E-state index contributed by atoms with van der Waals surface area (Å²) in [4.78, 5) is 0. The molecule has 0 bridgehead atoms. The van der Waals surface area contributed by atoms with Crippen molar-refractivity contribution in [2.75, 3.05) is 5.32 Å². The van der Waals surface area contributed by atoms with Crippen molar-refractivity contribution in [2.24, 2.45) is 7.05 Å². The molecule has 1 N–H and O–H groups in total. The number of anilines is 1. The van der Waals surface area contributed by atoms with Gasteiger partial charge in [-0.15, -0.1) is 10.2 Å². The summed E-state index contributed by atoms with van der Waals surface area (Å²) in [5, 5.41) is 12.3. The van der Waals surface area contributed by atoms with Gasteiger partial charge in [-0.3, -0.25) is 0 Å². The third-order valence-corrected chi connectivity index (χ3v) is 3.68. The van der Waals surface area contributed by atoms with Crippen molar-refractivity contribution in [1.29, 1.82) is 0 Å². The lowest BCUT2D eigenvalue weighted by atomic mass is 10.1. The van der Waals surface area contributed by atoms with E-state index in [0.717, 1.165) is 27.7 Å². The molecule has 0 aliphatic rings. The van der Waals surface area contributed by atoms with Gasteiger partial charge in [-0.05, 0) is 23.8 Å². The first-order valence-electron chi connectivity index (χ1n) is 6.66. The molecule has 5 heteroatoms. The minimum Gasteiger partial charge on any atom is -0.380 e. The third kappa shape index (κ3) is 2.90. The Morgan fingerprint density at radius 2 is 1.86 bits per heavy atom. The van der Waals surface area contributed by atoms with E-state index in [1.165, 1.54) is 0 Å². The average Bonchev–Trinajstić information content (AvgIpc) is 2.93. The van der Waals surface area contributed by atoms with Crippen LogP contribution >= 0.6 is 11.6 Å². The number of aryl methyl sites for hydroxylation is 1. The van der Waals surface area contributed by atoms with Crippen LogP contribution < -0.4 is 5.32 Å². The molecule has 0 atom stereocenters. The molecular weight excluding hydrogens is 284 g/mol. The van der Waals surface area contributed by atoms with Crippen LogP contribution in [0.25, 0.3) is 11.4 Å². The smallest absolute Gasteiger partial charge is 0.165 e. The molecule has 0 radical (unpaired) electrons. The van der Waals surface area contributed by atoms with Crippen LogP contribution in [0.15, 0.2) is 54.9 Å². The fourth-order valence-corrected chi connectivity index (χ4v) is 2.39. The Labute approximate surface area is 128 Å². The van der Waals surface area contributed by atoms with Crippen LogP contribution in [0.4, 0.5) is 5.69 Å². The monoisotopic (exact) mass is 298 g/mol. The van der Waals surface area contributed by atoms with Crippen LogP contribution in [-0.4, -0.2) is 14.8 Å². The molecule has 1 aromatic heterocycles. The van der Waals surface area contributed by atoms with Gasteiger partial charge in [0.05, 0.1) is 0 Å². The Kier molecular flexibility index (Phi) is 3.88. The molecule has 3 aromatic rings. The van der Waals surface area contributed by atoms with Gasteiger partial charge in [0, 0.05) is 29.9 Å². The Hall–Kier alpha value is -2.33. The van der Waals surface area contributed by atoms with E-state index in [0.29, 0.717) is 6.54 Å². The summed E-state index contributed by atoms with van der Waals surface area (Å²) in [5.74, 6) is 0.831. The maximum Gasteiger partial charge on any atom is 0.165 e. The van der Waals surface area contributed by atoms with Crippen LogP contribution in [0.1, 0.15) is 5.56 Å². The Balaban J connectivity index is 1.87. The van der Waals surface area contributed by atoms with Crippen LogP contribution in [0, 0.1) is 0 Å². The lowest BCUT2D eigenvalue weighted by Crippen LogP contribution is -2.03. The highest BCUT2D eigenvalue weighted by atomic mass is 35.5. The summed E-state index contributed by atoms with van der Waals surface area (Å²) in [7, 11) is 1.93. The third-order valence-electron chi connectivity index (χ3n) is 3.31. The highest BCUT2D eigenvalue weighted by Gasteiger charge is 2.09. The molecule has 0 spiro atoms. The second kappa shape index (κ2) is 5.97. The summed E-state index contributed by atoms with van der Waals surface area (Å²) in [5.41, 5.74) is 3.09. The molecule has 0 aliphatic carbocycles. The number of nitrogens with one attached hydrogen (secondary N) is 1. The molecule has 3 rings (SSSR count). The highest BCUT2D eigenvalue weighted by Crippen LogP contribution is 2.26. The van der Waals surface area contributed by atoms with E-state index in [4.69, 9.17) is 11.6 Å². The van der Waals surface area contributed by atoms with Crippen molar-refractivity contribution in [3.8, 4) is 11.4 Å². The van der Waals surface area contributed by atoms with Crippen LogP contribution in [0.2, 0.25) is 5.02 Å². The van der Waals surface area contributed by atoms with Gasteiger partial charge in [-0.1, -0.05) is 41.9 Å². The van der Waals surface area contributed by atoms with Gasteiger partial charge < -0.3 is 9.88 Å². The second-order valence-corrected chi connectivity index (χ2v) is 5.16. The van der Waals surface area contributed by atoms with Crippen molar-refractivity contribution in [2.45, 2.75) is 6.54 Å². The van der Waals surface area contributed by atoms with E-state index in [1.54, 1.807) is 6.33 Å². The van der Waals surface area contributed by atoms with Gasteiger partial charge in [0.15, 0.2) is 5.82 Å². The first kappa shape index (κ1) is 13.6. The van der Waals surface area contributed by atoms with Crippen LogP contribution in [0.3, 0.4) is 0 Å². The Bertz CT molecular complexity index is 751. The van der Waals surface area contributed by atoms with Gasteiger partial charge in [0.25, 0.3) is 0 Å². The summed E-state index contributed by atoms with van der Waals surface area (Å²) in [6, 6.07) is 15.9. The number of nitrogens with zero attached hydrogens (tertiary/aromatic N) is 3. The summed E-state index contributed by atoms with van der Waals surface area (Å²) >= 11 is 6.19. The largest absolute Gasteiger partial charge is 0.380 e. The molecule has 0 saturated carbocycles. The lowest BCUT2D eigenvalue weighted by Gasteiger charge is -2.12. The van der Waals surface area contributed by atoms with Crippen molar-refractivity contribution < 1.29 is 0 Å². The van der Waals surface area contributed by atoms with E-state index in [2.05, 4.69) is 15.5 Å². The first-order chi connectivity index (χ1) is 10.3. The van der Waals surface area contributed by atoms with Gasteiger partial charge in [-0.25, -0.2) is 0 Å². The van der Waals surface area contributed by atoms with Gasteiger partial charge in [0.1, 0.15) is 6.33 Å². The van der Waals surface area contributed by atoms with Crippen molar-refractivity contribution in [1.82, 2.24) is 14.8 Å². The zero-order valence-electron chi connectivity index (χ0n) is 11.6. The average molecular weight is 299 g/mol. The zero-order valence-corrected chi connectivity index (χ0v) is 12.4. The molecule has 1 heterocycles. The predicted octanol–water partition coefficient (Wildman–Crippen LogP) is 3.75. The Morgan fingerprint density at radius 3 is 2.62 bits per heavy atom. The number of benzene rings is 2. The van der Waals surface area contributed by atoms with Crippen molar-refractivity contribution >= 4 is 17.3 Å². The predicted molar refractivity (Wildman–Crippen MR) is 85.2 cm³/mol. The molecule has 0 saturated heterocycles. The lowest BCUT2D eigenvalue weighted by molar-refractivity contribution is 0.919. The van der Waals surface area contributed by atoms with Crippen LogP contribution in [-0.2, 0) is 13.6 Å². The van der Waals surface area contributed by atoms with Gasteiger partial charge >= 0.3 is 0 Å². The Morgan fingerprint density at radius 1 is 1.10 bits per heavy atom.